The van der Waals surface area contributed by atoms with Gasteiger partial charge in [0, 0.05) is 9.13 Å². The molecule has 0 radical (unpaired) electrons. The van der Waals surface area contributed by atoms with Crippen LogP contribution in [0.2, 0.25) is 0 Å². The Balaban J connectivity index is 1.51. The Morgan fingerprint density at radius 3 is 2.69 bits per heavy atom. The first-order valence-corrected chi connectivity index (χ1v) is 9.06. The Bertz CT molecular complexity index is 917. The second-order valence-electron chi connectivity index (χ2n) is 5.56. The Labute approximate surface area is 165 Å². The average molecular weight is 460 g/mol. The lowest BCUT2D eigenvalue weighted by atomic mass is 10.2. The van der Waals surface area contributed by atoms with Crippen LogP contribution in [-0.2, 0) is 4.79 Å². The van der Waals surface area contributed by atoms with E-state index in [1.165, 1.54) is 6.21 Å². The predicted molar refractivity (Wildman–Crippen MR) is 109 cm³/mol. The Hall–Kier alpha value is -2.61. The van der Waals surface area contributed by atoms with Crippen LogP contribution in [0.5, 0.6) is 5.75 Å². The van der Waals surface area contributed by atoms with Crippen molar-refractivity contribution in [1.29, 1.82) is 0 Å². The molecule has 0 atom stereocenters. The Kier molecular flexibility index (Phi) is 6.06. The molecule has 0 aliphatic carbocycles. The zero-order valence-corrected chi connectivity index (χ0v) is 16.3. The topological polar surface area (TPSA) is 63.8 Å². The van der Waals surface area contributed by atoms with Gasteiger partial charge < -0.3 is 9.15 Å². The van der Waals surface area contributed by atoms with Crippen LogP contribution >= 0.6 is 22.6 Å². The van der Waals surface area contributed by atoms with Gasteiger partial charge in [0.05, 0.1) is 6.21 Å². The molecule has 1 N–H and O–H groups in total. The van der Waals surface area contributed by atoms with Crippen molar-refractivity contribution in [3.8, 4) is 17.1 Å². The van der Waals surface area contributed by atoms with Gasteiger partial charge in [-0.15, -0.1) is 0 Å². The lowest BCUT2D eigenvalue weighted by Gasteiger charge is -2.07. The summed E-state index contributed by atoms with van der Waals surface area (Å²) in [5.41, 5.74) is 4.38. The van der Waals surface area contributed by atoms with Crippen LogP contribution in [0.15, 0.2) is 70.2 Å². The van der Waals surface area contributed by atoms with E-state index in [-0.39, 0.29) is 12.5 Å². The van der Waals surface area contributed by atoms with Crippen molar-refractivity contribution in [2.24, 2.45) is 5.10 Å². The summed E-state index contributed by atoms with van der Waals surface area (Å²) in [6, 6.07) is 19.2. The summed E-state index contributed by atoms with van der Waals surface area (Å²) in [7, 11) is 0. The smallest absolute Gasteiger partial charge is 0.277 e. The molecule has 0 aliphatic rings. The molecule has 0 bridgehead atoms. The highest BCUT2D eigenvalue weighted by Crippen LogP contribution is 2.22. The lowest BCUT2D eigenvalue weighted by Crippen LogP contribution is -2.24. The number of carbonyl (C=O) groups excluding carboxylic acids is 1. The maximum Gasteiger partial charge on any atom is 0.277 e. The van der Waals surface area contributed by atoms with Gasteiger partial charge in [-0.25, -0.2) is 5.43 Å². The Morgan fingerprint density at radius 1 is 1.15 bits per heavy atom. The van der Waals surface area contributed by atoms with Crippen molar-refractivity contribution in [3.05, 3.63) is 75.6 Å². The van der Waals surface area contributed by atoms with E-state index in [0.717, 1.165) is 20.5 Å². The third kappa shape index (κ3) is 4.95. The number of para-hydroxylation sites is 1. The zero-order valence-electron chi connectivity index (χ0n) is 14.1. The van der Waals surface area contributed by atoms with Gasteiger partial charge in [-0.1, -0.05) is 30.3 Å². The van der Waals surface area contributed by atoms with Gasteiger partial charge in [-0.2, -0.15) is 5.10 Å². The van der Waals surface area contributed by atoms with Crippen LogP contribution in [0.25, 0.3) is 11.3 Å². The molecule has 0 fully saturated rings. The minimum absolute atomic E-state index is 0.103. The highest BCUT2D eigenvalue weighted by Gasteiger charge is 2.05. The summed E-state index contributed by atoms with van der Waals surface area (Å²) in [4.78, 5) is 11.8. The summed E-state index contributed by atoms with van der Waals surface area (Å²) in [6.45, 7) is 1.82. The molecule has 3 aromatic rings. The van der Waals surface area contributed by atoms with E-state index < -0.39 is 0 Å². The van der Waals surface area contributed by atoms with Gasteiger partial charge in [0.2, 0.25) is 0 Å². The number of ether oxygens (including phenoxy) is 1. The first kappa shape index (κ1) is 18.2. The molecular weight excluding hydrogens is 443 g/mol. The summed E-state index contributed by atoms with van der Waals surface area (Å²) >= 11 is 2.26. The summed E-state index contributed by atoms with van der Waals surface area (Å²) < 4.78 is 12.3. The van der Waals surface area contributed by atoms with E-state index in [9.17, 15) is 4.79 Å². The number of carbonyl (C=O) groups is 1. The van der Waals surface area contributed by atoms with Crippen molar-refractivity contribution in [2.75, 3.05) is 6.61 Å². The second-order valence-corrected chi connectivity index (χ2v) is 6.80. The van der Waals surface area contributed by atoms with Crippen molar-refractivity contribution in [1.82, 2.24) is 5.43 Å². The minimum atomic E-state index is -0.339. The number of nitrogens with zero attached hydrogens (tertiary/aromatic N) is 1. The first-order chi connectivity index (χ1) is 12.6. The molecule has 0 unspecified atom stereocenters. The molecule has 1 aromatic heterocycles. The number of amides is 1. The van der Waals surface area contributed by atoms with Gasteiger partial charge in [0.1, 0.15) is 17.3 Å². The number of hydrazone groups is 1. The number of rotatable bonds is 6. The summed E-state index contributed by atoms with van der Waals surface area (Å²) in [5, 5.41) is 3.90. The summed E-state index contributed by atoms with van der Waals surface area (Å²) in [5.74, 6) is 1.64. The fourth-order valence-electron chi connectivity index (χ4n) is 2.25. The molecule has 132 valence electrons. The number of hydrogen-bond donors (Lipinski definition) is 1. The minimum Gasteiger partial charge on any atom is -0.483 e. The third-order valence-electron chi connectivity index (χ3n) is 3.59. The van der Waals surface area contributed by atoms with Gasteiger partial charge in [0.15, 0.2) is 6.61 Å². The number of benzene rings is 2. The molecule has 0 spiro atoms. The summed E-state index contributed by atoms with van der Waals surface area (Å²) in [6.07, 6.45) is 1.46. The third-order valence-corrected chi connectivity index (χ3v) is 4.31. The number of furan rings is 1. The fourth-order valence-corrected chi connectivity index (χ4v) is 2.61. The standard InChI is InChI=1S/C20H17IN2O3/c1-14-4-2-3-5-18(14)25-13-20(24)23-22-12-17-10-11-19(26-17)15-6-8-16(21)9-7-15/h2-12H,13H2,1H3,(H,23,24). The molecule has 2 aromatic carbocycles. The van der Waals surface area contributed by atoms with Gasteiger partial charge >= 0.3 is 0 Å². The van der Waals surface area contributed by atoms with Crippen LogP contribution in [0.4, 0.5) is 0 Å². The second kappa shape index (κ2) is 8.66. The largest absolute Gasteiger partial charge is 0.483 e. The van der Waals surface area contributed by atoms with E-state index in [1.54, 1.807) is 6.07 Å². The fraction of sp³-hybridized carbons (Fsp3) is 0.100. The van der Waals surface area contributed by atoms with E-state index in [0.29, 0.717) is 11.5 Å². The predicted octanol–water partition coefficient (Wildman–Crippen LogP) is 4.39. The van der Waals surface area contributed by atoms with Gasteiger partial charge in [-0.05, 0) is 65.4 Å². The van der Waals surface area contributed by atoms with Crippen molar-refractivity contribution in [3.63, 3.8) is 0 Å². The molecule has 1 amide bonds. The van der Waals surface area contributed by atoms with Crippen molar-refractivity contribution < 1.29 is 13.9 Å². The Morgan fingerprint density at radius 2 is 1.92 bits per heavy atom. The molecule has 1 heterocycles. The van der Waals surface area contributed by atoms with Gasteiger partial charge in [-0.3, -0.25) is 4.79 Å². The number of hydrogen-bond acceptors (Lipinski definition) is 4. The van der Waals surface area contributed by atoms with Crippen LogP contribution in [-0.4, -0.2) is 18.7 Å². The molecule has 0 saturated heterocycles. The monoisotopic (exact) mass is 460 g/mol. The van der Waals surface area contributed by atoms with Crippen LogP contribution in [0.3, 0.4) is 0 Å². The first-order valence-electron chi connectivity index (χ1n) is 7.98. The molecule has 3 rings (SSSR count). The average Bonchev–Trinajstić information content (AvgIpc) is 3.10. The highest BCUT2D eigenvalue weighted by atomic mass is 127. The van der Waals surface area contributed by atoms with E-state index >= 15 is 0 Å². The van der Waals surface area contributed by atoms with E-state index in [4.69, 9.17) is 9.15 Å². The molecule has 26 heavy (non-hydrogen) atoms. The number of nitrogens with one attached hydrogen (secondary N) is 1. The highest BCUT2D eigenvalue weighted by molar-refractivity contribution is 14.1. The van der Waals surface area contributed by atoms with Crippen molar-refractivity contribution in [2.45, 2.75) is 6.92 Å². The van der Waals surface area contributed by atoms with Crippen LogP contribution < -0.4 is 10.2 Å². The van der Waals surface area contributed by atoms with Crippen LogP contribution in [0.1, 0.15) is 11.3 Å². The molecule has 6 heteroatoms. The molecule has 5 nitrogen and oxygen atoms in total. The molecular formula is C20H17IN2O3. The van der Waals surface area contributed by atoms with E-state index in [1.807, 2.05) is 61.5 Å². The lowest BCUT2D eigenvalue weighted by molar-refractivity contribution is -0.123. The number of aryl methyl sites for hydroxylation is 1. The van der Waals surface area contributed by atoms with Crippen LogP contribution in [0, 0.1) is 10.5 Å². The maximum atomic E-state index is 11.8. The quantitative estimate of drug-likeness (QED) is 0.337. The van der Waals surface area contributed by atoms with E-state index in [2.05, 4.69) is 33.1 Å². The van der Waals surface area contributed by atoms with Crippen molar-refractivity contribution >= 4 is 34.7 Å². The SMILES string of the molecule is Cc1ccccc1OCC(=O)NN=Cc1ccc(-c2ccc(I)cc2)o1. The number of halogens is 1. The molecule has 0 saturated carbocycles. The maximum absolute atomic E-state index is 11.8. The molecule has 0 aliphatic heterocycles. The normalized spacial score (nSPS) is 10.8. The van der Waals surface area contributed by atoms with Gasteiger partial charge in [0.25, 0.3) is 5.91 Å². The zero-order chi connectivity index (χ0) is 18.4.